The van der Waals surface area contributed by atoms with Gasteiger partial charge >= 0.3 is 0 Å². The number of rotatable bonds is 7. The molecule has 0 radical (unpaired) electrons. The van der Waals surface area contributed by atoms with Crippen molar-refractivity contribution >= 4 is 17.2 Å². The van der Waals surface area contributed by atoms with Crippen LogP contribution in [0, 0.1) is 0 Å². The Labute approximate surface area is 142 Å². The Balaban J connectivity index is 1.74. The van der Waals surface area contributed by atoms with Crippen molar-refractivity contribution in [2.24, 2.45) is 0 Å². The van der Waals surface area contributed by atoms with Crippen LogP contribution in [0.3, 0.4) is 0 Å². The van der Waals surface area contributed by atoms with E-state index in [2.05, 4.69) is 19.9 Å². The minimum Gasteiger partial charge on any atom is -0.378 e. The maximum Gasteiger partial charge on any atom is 0.157 e. The van der Waals surface area contributed by atoms with E-state index in [4.69, 9.17) is 4.74 Å². The van der Waals surface area contributed by atoms with Crippen LogP contribution in [0.25, 0.3) is 5.65 Å². The zero-order valence-corrected chi connectivity index (χ0v) is 14.4. The van der Waals surface area contributed by atoms with Gasteiger partial charge in [-0.1, -0.05) is 0 Å². The monoisotopic (exact) mass is 331 g/mol. The average molecular weight is 331 g/mol. The second-order valence-electron chi connectivity index (χ2n) is 6.43. The Morgan fingerprint density at radius 3 is 2.88 bits per heavy atom. The molecule has 0 N–H and O–H groups in total. The Kier molecular flexibility index (Phi) is 5.42. The fraction of sp³-hybridized carbons (Fsp3) is 0.588. The molecule has 0 aliphatic carbocycles. The van der Waals surface area contributed by atoms with Gasteiger partial charge in [0.2, 0.25) is 0 Å². The molecule has 24 heavy (non-hydrogen) atoms. The average Bonchev–Trinajstić information content (AvgIpc) is 3.03. The number of hydrogen-bond donors (Lipinski definition) is 0. The molecule has 2 aromatic rings. The van der Waals surface area contributed by atoms with E-state index in [1.54, 1.807) is 6.20 Å². The maximum absolute atomic E-state index is 12.2. The van der Waals surface area contributed by atoms with Crippen molar-refractivity contribution in [1.82, 2.24) is 19.5 Å². The first-order valence-corrected chi connectivity index (χ1v) is 8.46. The molecular formula is C17H25N5O2. The number of ether oxygens (including phenoxy) is 1. The normalized spacial score (nSPS) is 15.4. The van der Waals surface area contributed by atoms with Crippen molar-refractivity contribution in [3.05, 3.63) is 24.0 Å². The van der Waals surface area contributed by atoms with Crippen LogP contribution in [0.15, 0.2) is 18.3 Å². The summed E-state index contributed by atoms with van der Waals surface area (Å²) in [6.45, 7) is 4.01. The number of aromatic nitrogens is 3. The quantitative estimate of drug-likeness (QED) is 0.755. The number of hydrogen-bond acceptors (Lipinski definition) is 6. The Morgan fingerprint density at radius 1 is 1.33 bits per heavy atom. The van der Waals surface area contributed by atoms with Gasteiger partial charge < -0.3 is 14.5 Å². The summed E-state index contributed by atoms with van der Waals surface area (Å²) in [5.74, 6) is 1.23. The van der Waals surface area contributed by atoms with Crippen molar-refractivity contribution in [3.8, 4) is 0 Å². The molecule has 1 fully saturated rings. The molecule has 0 spiro atoms. The van der Waals surface area contributed by atoms with Gasteiger partial charge in [-0.05, 0) is 27.1 Å². The third-order valence-corrected chi connectivity index (χ3v) is 4.17. The Morgan fingerprint density at radius 2 is 2.12 bits per heavy atom. The molecule has 2 aromatic heterocycles. The minimum absolute atomic E-state index is 0.237. The van der Waals surface area contributed by atoms with E-state index >= 15 is 0 Å². The molecule has 0 saturated carbocycles. The zero-order valence-electron chi connectivity index (χ0n) is 14.4. The molecule has 0 unspecified atom stereocenters. The van der Waals surface area contributed by atoms with Gasteiger partial charge in [-0.15, -0.1) is 0 Å². The van der Waals surface area contributed by atoms with Crippen molar-refractivity contribution in [2.45, 2.75) is 19.3 Å². The Bertz CT molecular complexity index is 691. The van der Waals surface area contributed by atoms with E-state index in [1.165, 1.54) is 0 Å². The standard InChI is InChI=1S/C17H25N5O2/c1-20(2)7-3-4-15(23)12-14-13-17(21-8-10-24-11-9-21)22-16(19-14)5-6-18-22/h5-6,13H,3-4,7-12H2,1-2H3. The van der Waals surface area contributed by atoms with Crippen LogP contribution in [-0.2, 0) is 16.0 Å². The lowest BCUT2D eigenvalue weighted by Crippen LogP contribution is -2.37. The molecule has 0 aromatic carbocycles. The highest BCUT2D eigenvalue weighted by Crippen LogP contribution is 2.19. The lowest BCUT2D eigenvalue weighted by molar-refractivity contribution is -0.118. The third kappa shape index (κ3) is 4.10. The maximum atomic E-state index is 12.2. The third-order valence-electron chi connectivity index (χ3n) is 4.17. The summed E-state index contributed by atoms with van der Waals surface area (Å²) >= 11 is 0. The van der Waals surface area contributed by atoms with Gasteiger partial charge in [0.05, 0.1) is 25.1 Å². The van der Waals surface area contributed by atoms with Crippen molar-refractivity contribution < 1.29 is 9.53 Å². The Hall–Kier alpha value is -1.99. The van der Waals surface area contributed by atoms with Gasteiger partial charge in [0, 0.05) is 38.1 Å². The number of anilines is 1. The van der Waals surface area contributed by atoms with Crippen LogP contribution >= 0.6 is 0 Å². The van der Waals surface area contributed by atoms with E-state index in [9.17, 15) is 4.79 Å². The van der Waals surface area contributed by atoms with E-state index in [-0.39, 0.29) is 5.78 Å². The number of carbonyl (C=O) groups is 1. The lowest BCUT2D eigenvalue weighted by atomic mass is 10.1. The first-order chi connectivity index (χ1) is 11.6. The largest absolute Gasteiger partial charge is 0.378 e. The summed E-state index contributed by atoms with van der Waals surface area (Å²) in [6.07, 6.45) is 3.61. The van der Waals surface area contributed by atoms with Crippen LogP contribution in [-0.4, -0.2) is 72.2 Å². The van der Waals surface area contributed by atoms with Crippen LogP contribution in [0.5, 0.6) is 0 Å². The molecule has 7 heteroatoms. The summed E-state index contributed by atoms with van der Waals surface area (Å²) in [5, 5.41) is 4.36. The fourth-order valence-corrected chi connectivity index (χ4v) is 2.94. The molecule has 1 aliphatic rings. The number of nitrogens with zero attached hydrogens (tertiary/aromatic N) is 5. The van der Waals surface area contributed by atoms with E-state index in [0.717, 1.165) is 43.2 Å². The number of carbonyl (C=O) groups excluding carboxylic acids is 1. The molecule has 0 amide bonds. The number of Topliss-reactive ketones (excluding diaryl/α,β-unsaturated/α-hetero) is 1. The SMILES string of the molecule is CN(C)CCCC(=O)Cc1cc(N2CCOCC2)n2nccc2n1. The summed E-state index contributed by atoms with van der Waals surface area (Å²) in [6, 6.07) is 3.87. The molecular weight excluding hydrogens is 306 g/mol. The molecule has 3 heterocycles. The summed E-state index contributed by atoms with van der Waals surface area (Å²) < 4.78 is 7.27. The highest BCUT2D eigenvalue weighted by Gasteiger charge is 2.17. The van der Waals surface area contributed by atoms with Gasteiger partial charge in [-0.25, -0.2) is 4.98 Å². The van der Waals surface area contributed by atoms with Crippen molar-refractivity contribution in [1.29, 1.82) is 0 Å². The van der Waals surface area contributed by atoms with Crippen LogP contribution in [0.2, 0.25) is 0 Å². The van der Waals surface area contributed by atoms with E-state index in [0.29, 0.717) is 26.1 Å². The van der Waals surface area contributed by atoms with Gasteiger partial charge in [-0.2, -0.15) is 9.61 Å². The highest BCUT2D eigenvalue weighted by molar-refractivity contribution is 5.80. The number of morpholine rings is 1. The first-order valence-electron chi connectivity index (χ1n) is 8.46. The van der Waals surface area contributed by atoms with Crippen LogP contribution in [0.1, 0.15) is 18.5 Å². The minimum atomic E-state index is 0.237. The van der Waals surface area contributed by atoms with Crippen molar-refractivity contribution in [3.63, 3.8) is 0 Å². The molecule has 7 nitrogen and oxygen atoms in total. The number of fused-ring (bicyclic) bond motifs is 1. The molecule has 130 valence electrons. The first kappa shape index (κ1) is 16.9. The van der Waals surface area contributed by atoms with Gasteiger partial charge in [0.15, 0.2) is 5.65 Å². The number of ketones is 1. The smallest absolute Gasteiger partial charge is 0.157 e. The molecule has 0 bridgehead atoms. The van der Waals surface area contributed by atoms with E-state index < -0.39 is 0 Å². The summed E-state index contributed by atoms with van der Waals surface area (Å²) in [7, 11) is 4.04. The van der Waals surface area contributed by atoms with Crippen LogP contribution in [0.4, 0.5) is 5.82 Å². The van der Waals surface area contributed by atoms with Gasteiger partial charge in [0.1, 0.15) is 11.6 Å². The van der Waals surface area contributed by atoms with Crippen LogP contribution < -0.4 is 4.90 Å². The van der Waals surface area contributed by atoms with Gasteiger partial charge in [-0.3, -0.25) is 4.79 Å². The predicted octanol–water partition coefficient (Wildman–Crippen LogP) is 1.02. The predicted molar refractivity (Wildman–Crippen MR) is 92.5 cm³/mol. The van der Waals surface area contributed by atoms with Gasteiger partial charge in [0.25, 0.3) is 0 Å². The molecule has 0 atom stereocenters. The lowest BCUT2D eigenvalue weighted by Gasteiger charge is -2.29. The topological polar surface area (TPSA) is 63.0 Å². The highest BCUT2D eigenvalue weighted by atomic mass is 16.5. The summed E-state index contributed by atoms with van der Waals surface area (Å²) in [5.41, 5.74) is 1.61. The second-order valence-corrected chi connectivity index (χ2v) is 6.43. The summed E-state index contributed by atoms with van der Waals surface area (Å²) in [4.78, 5) is 21.2. The second kappa shape index (κ2) is 7.72. The fourth-order valence-electron chi connectivity index (χ4n) is 2.94. The molecule has 1 aliphatic heterocycles. The molecule has 3 rings (SSSR count). The zero-order chi connectivity index (χ0) is 16.9. The van der Waals surface area contributed by atoms with Crippen molar-refractivity contribution in [2.75, 3.05) is 51.8 Å². The van der Waals surface area contributed by atoms with E-state index in [1.807, 2.05) is 30.7 Å². The molecule has 1 saturated heterocycles.